The fraction of sp³-hybridized carbons (Fsp3) is 0.500. The third-order valence-electron chi connectivity index (χ3n) is 5.90. The van der Waals surface area contributed by atoms with Crippen molar-refractivity contribution < 1.29 is 4.79 Å². The lowest BCUT2D eigenvalue weighted by Gasteiger charge is -2.41. The van der Waals surface area contributed by atoms with Gasteiger partial charge >= 0.3 is 0 Å². The van der Waals surface area contributed by atoms with Gasteiger partial charge < -0.3 is 27.0 Å². The standard InChI is InChI=1S/C20H27ClN8OS/c21-15-13(4-7-25-16(15)22)31-18-17(23)27-14(12-26-18)28-8-10-29(11-9-28)19(30)20(24)5-2-1-3-6-20/h4,7,12H,1-3,5-6,8-11,24H2,(H2,22,25)(H2,23,27). The second kappa shape index (κ2) is 9.05. The largest absolute Gasteiger partial charge is 0.382 e. The van der Waals surface area contributed by atoms with E-state index in [1.54, 1.807) is 18.5 Å². The minimum atomic E-state index is -0.693. The van der Waals surface area contributed by atoms with Crippen molar-refractivity contribution >= 4 is 46.7 Å². The van der Waals surface area contributed by atoms with Crippen LogP contribution in [-0.2, 0) is 4.79 Å². The average Bonchev–Trinajstić information content (AvgIpc) is 2.78. The molecule has 9 nitrogen and oxygen atoms in total. The van der Waals surface area contributed by atoms with E-state index in [9.17, 15) is 4.79 Å². The van der Waals surface area contributed by atoms with Crippen LogP contribution in [0.25, 0.3) is 0 Å². The molecule has 166 valence electrons. The van der Waals surface area contributed by atoms with Gasteiger partial charge in [-0.05, 0) is 18.9 Å². The Morgan fingerprint density at radius 2 is 1.77 bits per heavy atom. The second-order valence-electron chi connectivity index (χ2n) is 8.03. The maximum Gasteiger partial charge on any atom is 0.242 e. The van der Waals surface area contributed by atoms with Crippen molar-refractivity contribution in [3.05, 3.63) is 23.5 Å². The van der Waals surface area contributed by atoms with Gasteiger partial charge in [-0.25, -0.2) is 15.0 Å². The summed E-state index contributed by atoms with van der Waals surface area (Å²) in [5, 5.41) is 0.918. The monoisotopic (exact) mass is 462 g/mol. The van der Waals surface area contributed by atoms with Gasteiger partial charge in [0.1, 0.15) is 16.7 Å². The number of rotatable bonds is 4. The van der Waals surface area contributed by atoms with Gasteiger partial charge in [-0.1, -0.05) is 42.6 Å². The Bertz CT molecular complexity index is 960. The molecule has 0 unspecified atom stereocenters. The number of carbonyl (C=O) groups excluding carboxylic acids is 1. The van der Waals surface area contributed by atoms with Crippen LogP contribution in [0, 0.1) is 0 Å². The molecule has 2 fully saturated rings. The molecule has 0 aromatic carbocycles. The number of hydrogen-bond acceptors (Lipinski definition) is 9. The van der Waals surface area contributed by atoms with Crippen molar-refractivity contribution in [2.75, 3.05) is 42.5 Å². The molecular weight excluding hydrogens is 436 g/mol. The Balaban J connectivity index is 1.39. The normalized spacial score (nSPS) is 18.8. The maximum absolute atomic E-state index is 12.9. The maximum atomic E-state index is 12.9. The summed E-state index contributed by atoms with van der Waals surface area (Å²) in [5.74, 6) is 1.34. The lowest BCUT2D eigenvalue weighted by molar-refractivity contribution is -0.138. The molecule has 0 spiro atoms. The molecule has 0 bridgehead atoms. The van der Waals surface area contributed by atoms with Crippen molar-refractivity contribution in [1.82, 2.24) is 19.9 Å². The van der Waals surface area contributed by atoms with Crippen LogP contribution in [0.15, 0.2) is 28.4 Å². The summed E-state index contributed by atoms with van der Waals surface area (Å²) in [7, 11) is 0. The molecule has 1 saturated heterocycles. The first-order valence-electron chi connectivity index (χ1n) is 10.4. The number of halogens is 1. The highest BCUT2D eigenvalue weighted by atomic mass is 35.5. The van der Waals surface area contributed by atoms with E-state index in [-0.39, 0.29) is 11.7 Å². The SMILES string of the molecule is Nc1nc(N2CCN(C(=O)C3(N)CCCCC3)CC2)cnc1Sc1ccnc(N)c1Cl. The van der Waals surface area contributed by atoms with E-state index < -0.39 is 5.54 Å². The summed E-state index contributed by atoms with van der Waals surface area (Å²) in [6, 6.07) is 1.76. The van der Waals surface area contributed by atoms with E-state index in [0.29, 0.717) is 52.8 Å². The number of nitrogens with zero attached hydrogens (tertiary/aromatic N) is 5. The quantitative estimate of drug-likeness (QED) is 0.623. The summed E-state index contributed by atoms with van der Waals surface area (Å²) in [6.45, 7) is 2.55. The fourth-order valence-corrected chi connectivity index (χ4v) is 5.10. The van der Waals surface area contributed by atoms with Gasteiger partial charge in [-0.15, -0.1) is 0 Å². The Labute approximate surface area is 190 Å². The Kier molecular flexibility index (Phi) is 6.40. The number of anilines is 3. The molecule has 1 aliphatic carbocycles. The highest BCUT2D eigenvalue weighted by molar-refractivity contribution is 7.99. The number of piperazine rings is 1. The van der Waals surface area contributed by atoms with Gasteiger partial charge in [0, 0.05) is 37.3 Å². The van der Waals surface area contributed by atoms with Crippen molar-refractivity contribution in [2.45, 2.75) is 47.6 Å². The Morgan fingerprint density at radius 1 is 1.06 bits per heavy atom. The summed E-state index contributed by atoms with van der Waals surface area (Å²) in [4.78, 5) is 30.6. The minimum absolute atomic E-state index is 0.0812. The van der Waals surface area contributed by atoms with Gasteiger partial charge in [0.25, 0.3) is 0 Å². The van der Waals surface area contributed by atoms with Gasteiger partial charge in [0.15, 0.2) is 5.82 Å². The van der Waals surface area contributed by atoms with Crippen molar-refractivity contribution in [2.24, 2.45) is 5.73 Å². The molecule has 1 saturated carbocycles. The molecule has 2 aliphatic rings. The van der Waals surface area contributed by atoms with Gasteiger partial charge in [0.2, 0.25) is 5.91 Å². The number of pyridine rings is 1. The number of aromatic nitrogens is 3. The molecule has 1 aliphatic heterocycles. The lowest BCUT2D eigenvalue weighted by atomic mass is 9.81. The van der Waals surface area contributed by atoms with E-state index >= 15 is 0 Å². The van der Waals surface area contributed by atoms with E-state index in [1.165, 1.54) is 11.8 Å². The first-order chi connectivity index (χ1) is 14.9. The first kappa shape index (κ1) is 21.9. The second-order valence-corrected chi connectivity index (χ2v) is 9.43. The van der Waals surface area contributed by atoms with Crippen molar-refractivity contribution in [3.8, 4) is 0 Å². The summed E-state index contributed by atoms with van der Waals surface area (Å²) in [6.07, 6.45) is 8.05. The van der Waals surface area contributed by atoms with Crippen LogP contribution in [0.1, 0.15) is 32.1 Å². The average molecular weight is 463 g/mol. The third-order valence-corrected chi connectivity index (χ3v) is 7.48. The number of hydrogen-bond donors (Lipinski definition) is 3. The zero-order chi connectivity index (χ0) is 22.0. The zero-order valence-corrected chi connectivity index (χ0v) is 18.8. The fourth-order valence-electron chi connectivity index (χ4n) is 4.09. The van der Waals surface area contributed by atoms with E-state index in [4.69, 9.17) is 28.8 Å². The summed E-state index contributed by atoms with van der Waals surface area (Å²) < 4.78 is 0. The van der Waals surface area contributed by atoms with Crippen molar-refractivity contribution in [3.63, 3.8) is 0 Å². The van der Waals surface area contributed by atoms with Crippen LogP contribution >= 0.6 is 23.4 Å². The molecule has 6 N–H and O–H groups in total. The highest BCUT2D eigenvalue weighted by Gasteiger charge is 2.39. The zero-order valence-electron chi connectivity index (χ0n) is 17.3. The molecule has 1 amide bonds. The lowest BCUT2D eigenvalue weighted by Crippen LogP contribution is -2.60. The Morgan fingerprint density at radius 3 is 2.45 bits per heavy atom. The molecule has 4 rings (SSSR count). The molecule has 2 aromatic rings. The molecule has 3 heterocycles. The van der Waals surface area contributed by atoms with E-state index in [2.05, 4.69) is 19.9 Å². The number of nitrogens with two attached hydrogens (primary N) is 3. The molecule has 11 heteroatoms. The number of carbonyl (C=O) groups is 1. The first-order valence-corrected chi connectivity index (χ1v) is 11.6. The number of amides is 1. The van der Waals surface area contributed by atoms with Crippen LogP contribution in [0.3, 0.4) is 0 Å². The van der Waals surface area contributed by atoms with Gasteiger partial charge in [-0.3, -0.25) is 4.79 Å². The predicted octanol–water partition coefficient (Wildman–Crippen LogP) is 2.15. The molecular formula is C20H27ClN8OS. The van der Waals surface area contributed by atoms with Crippen LogP contribution in [0.2, 0.25) is 5.02 Å². The molecule has 0 atom stereocenters. The molecule has 0 radical (unpaired) electrons. The van der Waals surface area contributed by atoms with Crippen LogP contribution in [0.4, 0.5) is 17.5 Å². The van der Waals surface area contributed by atoms with Crippen LogP contribution < -0.4 is 22.1 Å². The van der Waals surface area contributed by atoms with Gasteiger partial charge in [-0.2, -0.15) is 0 Å². The summed E-state index contributed by atoms with van der Waals surface area (Å²) in [5.41, 5.74) is 17.7. The van der Waals surface area contributed by atoms with Crippen molar-refractivity contribution in [1.29, 1.82) is 0 Å². The highest BCUT2D eigenvalue weighted by Crippen LogP contribution is 2.36. The smallest absolute Gasteiger partial charge is 0.242 e. The summed E-state index contributed by atoms with van der Waals surface area (Å²) >= 11 is 7.50. The van der Waals surface area contributed by atoms with Crippen LogP contribution in [-0.4, -0.2) is 57.5 Å². The topological polar surface area (TPSA) is 140 Å². The van der Waals surface area contributed by atoms with E-state index in [1.807, 2.05) is 4.90 Å². The minimum Gasteiger partial charge on any atom is -0.382 e. The van der Waals surface area contributed by atoms with Crippen LogP contribution in [0.5, 0.6) is 0 Å². The Hall–Kier alpha value is -2.30. The van der Waals surface area contributed by atoms with E-state index in [0.717, 1.165) is 32.1 Å². The third kappa shape index (κ3) is 4.65. The van der Waals surface area contributed by atoms with Gasteiger partial charge in [0.05, 0.1) is 16.8 Å². The molecule has 2 aromatic heterocycles. The predicted molar refractivity (Wildman–Crippen MR) is 123 cm³/mol. The number of nitrogen functional groups attached to an aromatic ring is 2. The molecule has 31 heavy (non-hydrogen) atoms.